The summed E-state index contributed by atoms with van der Waals surface area (Å²) in [6, 6.07) is 3.41. The molecule has 0 unspecified atom stereocenters. The fourth-order valence-electron chi connectivity index (χ4n) is 1.13. The molecule has 1 rings (SSSR count). The van der Waals surface area contributed by atoms with Crippen LogP contribution in [0.3, 0.4) is 0 Å². The van der Waals surface area contributed by atoms with Crippen molar-refractivity contribution >= 4 is 27.4 Å². The van der Waals surface area contributed by atoms with Crippen LogP contribution in [0.25, 0.3) is 0 Å². The number of nitrogens with two attached hydrogens (primary N) is 1. The fourth-order valence-corrected chi connectivity index (χ4v) is 1.57. The molecule has 0 saturated carbocycles. The zero-order valence-corrected chi connectivity index (χ0v) is 9.72. The molecule has 0 bridgehead atoms. The van der Waals surface area contributed by atoms with E-state index in [1.807, 2.05) is 6.92 Å². The van der Waals surface area contributed by atoms with Gasteiger partial charge in [-0.25, -0.2) is 0 Å². The van der Waals surface area contributed by atoms with E-state index < -0.39 is 0 Å². The molecular formula is C10H12BrNO2. The fraction of sp³-hybridized carbons (Fsp3) is 0.300. The number of hydrogen-bond acceptors (Lipinski definition) is 3. The second-order valence-corrected chi connectivity index (χ2v) is 3.71. The lowest BCUT2D eigenvalue weighted by molar-refractivity contribution is 0.101. The quantitative estimate of drug-likeness (QED) is 0.669. The van der Waals surface area contributed by atoms with Crippen molar-refractivity contribution in [3.63, 3.8) is 0 Å². The standard InChI is InChI=1S/C10H12BrNO2/c1-3-14-7-4-8(6(2)13)10(12)9(11)5-7/h4-5H,3,12H2,1-2H3. The van der Waals surface area contributed by atoms with Crippen molar-refractivity contribution in [2.45, 2.75) is 13.8 Å². The van der Waals surface area contributed by atoms with Crippen LogP contribution in [0.1, 0.15) is 24.2 Å². The SMILES string of the molecule is CCOc1cc(Br)c(N)c(C(C)=O)c1. The molecule has 1 aromatic rings. The Morgan fingerprint density at radius 3 is 2.71 bits per heavy atom. The molecule has 1 aromatic carbocycles. The third-order valence-electron chi connectivity index (χ3n) is 1.79. The van der Waals surface area contributed by atoms with Crippen LogP contribution in [0.4, 0.5) is 5.69 Å². The summed E-state index contributed by atoms with van der Waals surface area (Å²) in [5.74, 6) is 0.587. The van der Waals surface area contributed by atoms with E-state index >= 15 is 0 Å². The van der Waals surface area contributed by atoms with E-state index in [1.165, 1.54) is 6.92 Å². The second kappa shape index (κ2) is 4.46. The monoisotopic (exact) mass is 257 g/mol. The topological polar surface area (TPSA) is 52.3 Å². The molecule has 2 N–H and O–H groups in total. The number of hydrogen-bond donors (Lipinski definition) is 1. The molecule has 14 heavy (non-hydrogen) atoms. The first-order chi connectivity index (χ1) is 6.56. The molecule has 0 aliphatic heterocycles. The molecule has 0 radical (unpaired) electrons. The highest BCUT2D eigenvalue weighted by molar-refractivity contribution is 9.10. The van der Waals surface area contributed by atoms with Gasteiger partial charge in [0.1, 0.15) is 5.75 Å². The molecule has 3 nitrogen and oxygen atoms in total. The van der Waals surface area contributed by atoms with Gasteiger partial charge in [0.15, 0.2) is 5.78 Å². The van der Waals surface area contributed by atoms with Gasteiger partial charge in [-0.05, 0) is 41.9 Å². The van der Waals surface area contributed by atoms with Crippen LogP contribution >= 0.6 is 15.9 Å². The lowest BCUT2D eigenvalue weighted by Crippen LogP contribution is -2.02. The first kappa shape index (κ1) is 11.0. The van der Waals surface area contributed by atoms with Crippen LogP contribution in [0.15, 0.2) is 16.6 Å². The lowest BCUT2D eigenvalue weighted by atomic mass is 10.1. The van der Waals surface area contributed by atoms with E-state index in [9.17, 15) is 4.79 Å². The molecule has 0 aromatic heterocycles. The van der Waals surface area contributed by atoms with Crippen molar-refractivity contribution in [1.82, 2.24) is 0 Å². The number of benzene rings is 1. The van der Waals surface area contributed by atoms with Crippen molar-refractivity contribution in [2.75, 3.05) is 12.3 Å². The minimum absolute atomic E-state index is 0.0650. The Morgan fingerprint density at radius 2 is 2.21 bits per heavy atom. The summed E-state index contributed by atoms with van der Waals surface area (Å²) < 4.78 is 5.98. The summed E-state index contributed by atoms with van der Waals surface area (Å²) in [5.41, 5.74) is 6.67. The number of anilines is 1. The number of ether oxygens (including phenoxy) is 1. The van der Waals surface area contributed by atoms with Gasteiger partial charge < -0.3 is 10.5 Å². The molecule has 76 valence electrons. The highest BCUT2D eigenvalue weighted by Gasteiger charge is 2.10. The van der Waals surface area contributed by atoms with Gasteiger partial charge in [-0.15, -0.1) is 0 Å². The zero-order chi connectivity index (χ0) is 10.7. The van der Waals surface area contributed by atoms with Gasteiger partial charge in [0.05, 0.1) is 12.3 Å². The largest absolute Gasteiger partial charge is 0.494 e. The van der Waals surface area contributed by atoms with E-state index in [0.29, 0.717) is 28.1 Å². The van der Waals surface area contributed by atoms with E-state index in [-0.39, 0.29) is 5.78 Å². The first-order valence-electron chi connectivity index (χ1n) is 4.29. The van der Waals surface area contributed by atoms with Crippen molar-refractivity contribution < 1.29 is 9.53 Å². The Labute approximate surface area is 91.4 Å². The number of nitrogen functional groups attached to an aromatic ring is 1. The van der Waals surface area contributed by atoms with Crippen molar-refractivity contribution in [2.24, 2.45) is 0 Å². The number of carbonyl (C=O) groups is 1. The molecule has 0 spiro atoms. The number of ketones is 1. The molecular weight excluding hydrogens is 246 g/mol. The molecule has 0 saturated heterocycles. The summed E-state index contributed by atoms with van der Waals surface area (Å²) >= 11 is 3.28. The van der Waals surface area contributed by atoms with Gasteiger partial charge >= 0.3 is 0 Å². The molecule has 0 aliphatic rings. The van der Waals surface area contributed by atoms with Crippen LogP contribution in [0.5, 0.6) is 5.75 Å². The minimum atomic E-state index is -0.0650. The zero-order valence-electron chi connectivity index (χ0n) is 8.13. The summed E-state index contributed by atoms with van der Waals surface area (Å²) in [4.78, 5) is 11.2. The Bertz CT molecular complexity index is 363. The summed E-state index contributed by atoms with van der Waals surface area (Å²) in [5, 5.41) is 0. The molecule has 0 heterocycles. The van der Waals surface area contributed by atoms with E-state index in [4.69, 9.17) is 10.5 Å². The van der Waals surface area contributed by atoms with Crippen LogP contribution < -0.4 is 10.5 Å². The number of rotatable bonds is 3. The number of Topliss-reactive ketones (excluding diaryl/α,β-unsaturated/α-hetero) is 1. The normalized spacial score (nSPS) is 9.93. The molecule has 4 heteroatoms. The molecule has 0 atom stereocenters. The maximum atomic E-state index is 11.2. The Balaban J connectivity index is 3.21. The number of halogens is 1. The maximum absolute atomic E-state index is 11.2. The average Bonchev–Trinajstić information content (AvgIpc) is 2.11. The highest BCUT2D eigenvalue weighted by Crippen LogP contribution is 2.29. The third kappa shape index (κ3) is 2.26. The summed E-state index contributed by atoms with van der Waals surface area (Å²) in [6.07, 6.45) is 0. The van der Waals surface area contributed by atoms with Crippen LogP contribution in [0, 0.1) is 0 Å². The van der Waals surface area contributed by atoms with Crippen LogP contribution in [0.2, 0.25) is 0 Å². The van der Waals surface area contributed by atoms with Gasteiger partial charge in [-0.3, -0.25) is 4.79 Å². The van der Waals surface area contributed by atoms with E-state index in [2.05, 4.69) is 15.9 Å². The first-order valence-corrected chi connectivity index (χ1v) is 5.08. The van der Waals surface area contributed by atoms with E-state index in [1.54, 1.807) is 12.1 Å². The Kier molecular flexibility index (Phi) is 3.52. The number of carbonyl (C=O) groups excluding carboxylic acids is 1. The molecule has 0 aliphatic carbocycles. The Morgan fingerprint density at radius 1 is 1.57 bits per heavy atom. The predicted molar refractivity (Wildman–Crippen MR) is 59.7 cm³/mol. The van der Waals surface area contributed by atoms with Gasteiger partial charge in [0.25, 0.3) is 0 Å². The summed E-state index contributed by atoms with van der Waals surface area (Å²) in [7, 11) is 0. The van der Waals surface area contributed by atoms with Gasteiger partial charge in [-0.1, -0.05) is 0 Å². The molecule has 0 fully saturated rings. The predicted octanol–water partition coefficient (Wildman–Crippen LogP) is 2.63. The van der Waals surface area contributed by atoms with Crippen LogP contribution in [-0.2, 0) is 0 Å². The Hall–Kier alpha value is -1.03. The van der Waals surface area contributed by atoms with Gasteiger partial charge in [0.2, 0.25) is 0 Å². The van der Waals surface area contributed by atoms with Gasteiger partial charge in [0, 0.05) is 10.0 Å². The lowest BCUT2D eigenvalue weighted by Gasteiger charge is -2.08. The van der Waals surface area contributed by atoms with Crippen molar-refractivity contribution in [3.05, 3.63) is 22.2 Å². The average molecular weight is 258 g/mol. The summed E-state index contributed by atoms with van der Waals surface area (Å²) in [6.45, 7) is 3.93. The highest BCUT2D eigenvalue weighted by atomic mass is 79.9. The van der Waals surface area contributed by atoms with Crippen LogP contribution in [-0.4, -0.2) is 12.4 Å². The van der Waals surface area contributed by atoms with Gasteiger partial charge in [-0.2, -0.15) is 0 Å². The smallest absolute Gasteiger partial charge is 0.162 e. The third-order valence-corrected chi connectivity index (χ3v) is 2.45. The maximum Gasteiger partial charge on any atom is 0.162 e. The molecule has 0 amide bonds. The minimum Gasteiger partial charge on any atom is -0.494 e. The van der Waals surface area contributed by atoms with Crippen molar-refractivity contribution in [1.29, 1.82) is 0 Å². The second-order valence-electron chi connectivity index (χ2n) is 2.86. The van der Waals surface area contributed by atoms with E-state index in [0.717, 1.165) is 0 Å². The van der Waals surface area contributed by atoms with Crippen molar-refractivity contribution in [3.8, 4) is 5.75 Å².